The van der Waals surface area contributed by atoms with Crippen LogP contribution in [0, 0.1) is 0 Å². The topological polar surface area (TPSA) is 59.2 Å². The lowest BCUT2D eigenvalue weighted by Crippen LogP contribution is -2.44. The molecule has 5 rings (SSSR count). The van der Waals surface area contributed by atoms with Gasteiger partial charge in [-0.3, -0.25) is 4.79 Å². The monoisotopic (exact) mass is 357 g/mol. The molecule has 0 aromatic carbocycles. The van der Waals surface area contributed by atoms with Crippen LogP contribution in [0.25, 0.3) is 0 Å². The maximum atomic E-state index is 13.6. The van der Waals surface area contributed by atoms with E-state index in [0.29, 0.717) is 11.8 Å². The van der Waals surface area contributed by atoms with Crippen molar-refractivity contribution in [2.45, 2.75) is 68.7 Å². The van der Waals surface area contributed by atoms with E-state index in [1.807, 2.05) is 4.90 Å². The van der Waals surface area contributed by atoms with Crippen molar-refractivity contribution in [1.82, 2.24) is 15.0 Å². The number of hydrogen-bond acceptors (Lipinski definition) is 5. The Morgan fingerprint density at radius 1 is 1.24 bits per heavy atom. The predicted octanol–water partition coefficient (Wildman–Crippen LogP) is 4.18. The molecule has 3 aliphatic rings. The normalized spacial score (nSPS) is 25.6. The average molecular weight is 357 g/mol. The molecule has 2 aliphatic carbocycles. The highest BCUT2D eigenvalue weighted by Crippen LogP contribution is 2.47. The lowest BCUT2D eigenvalue weighted by Gasteiger charge is -2.33. The van der Waals surface area contributed by atoms with Gasteiger partial charge in [-0.25, -0.2) is 0 Å². The van der Waals surface area contributed by atoms with E-state index in [1.54, 1.807) is 11.3 Å². The van der Waals surface area contributed by atoms with Crippen molar-refractivity contribution in [3.8, 4) is 0 Å². The number of rotatable bonds is 4. The van der Waals surface area contributed by atoms with Gasteiger partial charge in [-0.15, -0.1) is 11.3 Å². The smallest absolute Gasteiger partial charge is 0.249 e. The number of amides is 1. The molecule has 2 saturated carbocycles. The zero-order valence-corrected chi connectivity index (χ0v) is 15.1. The van der Waals surface area contributed by atoms with E-state index in [4.69, 9.17) is 4.52 Å². The van der Waals surface area contributed by atoms with Gasteiger partial charge in [0.1, 0.15) is 6.04 Å². The van der Waals surface area contributed by atoms with Gasteiger partial charge >= 0.3 is 0 Å². The molecule has 3 heterocycles. The summed E-state index contributed by atoms with van der Waals surface area (Å²) in [6.07, 6.45) is 8.46. The van der Waals surface area contributed by atoms with Crippen LogP contribution in [-0.2, 0) is 10.2 Å². The summed E-state index contributed by atoms with van der Waals surface area (Å²) in [6, 6.07) is 4.16. The number of nitrogens with zero attached hydrogens (tertiary/aromatic N) is 3. The van der Waals surface area contributed by atoms with Gasteiger partial charge in [0.15, 0.2) is 5.82 Å². The van der Waals surface area contributed by atoms with Gasteiger partial charge in [-0.2, -0.15) is 4.98 Å². The molecule has 1 saturated heterocycles. The van der Waals surface area contributed by atoms with Gasteiger partial charge in [0.05, 0.1) is 5.41 Å². The summed E-state index contributed by atoms with van der Waals surface area (Å²) in [6.45, 7) is 0.803. The Bertz CT molecular complexity index is 759. The number of carbonyl (C=O) groups excluding carboxylic acids is 1. The van der Waals surface area contributed by atoms with Gasteiger partial charge in [0.25, 0.3) is 0 Å². The minimum atomic E-state index is -0.323. The van der Waals surface area contributed by atoms with E-state index in [1.165, 1.54) is 4.88 Å². The maximum absolute atomic E-state index is 13.6. The highest BCUT2D eigenvalue weighted by molar-refractivity contribution is 7.10. The fourth-order valence-corrected chi connectivity index (χ4v) is 5.50. The largest absolute Gasteiger partial charge is 0.337 e. The van der Waals surface area contributed by atoms with Crippen LogP contribution in [0.4, 0.5) is 0 Å². The van der Waals surface area contributed by atoms with Crippen LogP contribution in [0.1, 0.15) is 79.9 Å². The van der Waals surface area contributed by atoms with Gasteiger partial charge in [-0.1, -0.05) is 24.1 Å². The summed E-state index contributed by atoms with van der Waals surface area (Å²) in [5, 5.41) is 6.25. The Labute approximate surface area is 151 Å². The standard InChI is InChI=1S/C19H23N3O2S/c23-18(19(9-1-2-10-19)15-6-4-12-25-15)22-11-3-5-14(22)17-20-16(21-24-17)13-7-8-13/h4,6,12-14H,1-3,5,7-11H2. The van der Waals surface area contributed by atoms with Crippen molar-refractivity contribution in [2.75, 3.05) is 6.54 Å². The first kappa shape index (κ1) is 15.6. The van der Waals surface area contributed by atoms with E-state index in [-0.39, 0.29) is 17.4 Å². The predicted molar refractivity (Wildman–Crippen MR) is 94.4 cm³/mol. The van der Waals surface area contributed by atoms with E-state index in [2.05, 4.69) is 27.7 Å². The first-order valence-electron chi connectivity index (χ1n) is 9.46. The van der Waals surface area contributed by atoms with Crippen molar-refractivity contribution in [3.05, 3.63) is 34.1 Å². The summed E-state index contributed by atoms with van der Waals surface area (Å²) >= 11 is 1.72. The molecule has 3 fully saturated rings. The van der Waals surface area contributed by atoms with Crippen molar-refractivity contribution >= 4 is 17.2 Å². The third kappa shape index (κ3) is 2.53. The number of likely N-dealkylation sites (tertiary alicyclic amines) is 1. The Kier molecular flexibility index (Phi) is 3.69. The van der Waals surface area contributed by atoms with Crippen molar-refractivity contribution in [1.29, 1.82) is 0 Å². The van der Waals surface area contributed by atoms with E-state index in [9.17, 15) is 4.79 Å². The molecule has 25 heavy (non-hydrogen) atoms. The molecule has 0 N–H and O–H groups in total. The summed E-state index contributed by atoms with van der Waals surface area (Å²) in [5.41, 5.74) is -0.323. The molecule has 132 valence electrons. The van der Waals surface area contributed by atoms with E-state index >= 15 is 0 Å². The summed E-state index contributed by atoms with van der Waals surface area (Å²) < 4.78 is 5.56. The Morgan fingerprint density at radius 2 is 2.08 bits per heavy atom. The Morgan fingerprint density at radius 3 is 2.80 bits per heavy atom. The van der Waals surface area contributed by atoms with Crippen LogP contribution in [0.2, 0.25) is 0 Å². The molecule has 0 bridgehead atoms. The van der Waals surface area contributed by atoms with Gasteiger partial charge in [-0.05, 0) is 50.0 Å². The van der Waals surface area contributed by atoms with Crippen molar-refractivity contribution < 1.29 is 9.32 Å². The second-order valence-corrected chi connectivity index (χ2v) is 8.64. The Balaban J connectivity index is 1.44. The van der Waals surface area contributed by atoms with Crippen LogP contribution in [0.15, 0.2) is 22.0 Å². The summed E-state index contributed by atoms with van der Waals surface area (Å²) in [5.74, 6) is 2.24. The van der Waals surface area contributed by atoms with Crippen LogP contribution in [0.5, 0.6) is 0 Å². The van der Waals surface area contributed by atoms with E-state index in [0.717, 1.165) is 63.7 Å². The molecule has 2 aromatic rings. The minimum Gasteiger partial charge on any atom is -0.337 e. The number of aromatic nitrogens is 2. The summed E-state index contributed by atoms with van der Waals surface area (Å²) in [7, 11) is 0. The van der Waals surface area contributed by atoms with Gasteiger partial charge < -0.3 is 9.42 Å². The molecular weight excluding hydrogens is 334 g/mol. The van der Waals surface area contributed by atoms with Crippen LogP contribution < -0.4 is 0 Å². The second kappa shape index (κ2) is 5.94. The average Bonchev–Trinajstić information content (AvgIpc) is 3.16. The van der Waals surface area contributed by atoms with Gasteiger partial charge in [0.2, 0.25) is 11.8 Å². The summed E-state index contributed by atoms with van der Waals surface area (Å²) in [4.78, 5) is 21.5. The molecule has 2 aromatic heterocycles. The molecule has 0 radical (unpaired) electrons. The van der Waals surface area contributed by atoms with Crippen LogP contribution in [-0.4, -0.2) is 27.5 Å². The zero-order chi connectivity index (χ0) is 16.9. The molecule has 5 nitrogen and oxygen atoms in total. The van der Waals surface area contributed by atoms with Crippen LogP contribution >= 0.6 is 11.3 Å². The second-order valence-electron chi connectivity index (χ2n) is 7.69. The zero-order valence-electron chi connectivity index (χ0n) is 14.3. The third-order valence-corrected chi connectivity index (χ3v) is 7.13. The third-order valence-electron chi connectivity index (χ3n) is 6.06. The molecule has 1 unspecified atom stereocenters. The van der Waals surface area contributed by atoms with Crippen LogP contribution in [0.3, 0.4) is 0 Å². The molecule has 1 aliphatic heterocycles. The minimum absolute atomic E-state index is 0.0371. The molecule has 1 atom stereocenters. The number of carbonyl (C=O) groups is 1. The quantitative estimate of drug-likeness (QED) is 0.823. The SMILES string of the molecule is O=C(N1CCCC1c1nc(C2CC2)no1)C1(c2cccs2)CCCC1. The molecular formula is C19H23N3O2S. The lowest BCUT2D eigenvalue weighted by molar-refractivity contribution is -0.138. The maximum Gasteiger partial charge on any atom is 0.249 e. The first-order valence-corrected chi connectivity index (χ1v) is 10.3. The fraction of sp³-hybridized carbons (Fsp3) is 0.632. The fourth-order valence-electron chi connectivity index (χ4n) is 4.53. The van der Waals surface area contributed by atoms with Crippen molar-refractivity contribution in [3.63, 3.8) is 0 Å². The number of hydrogen-bond donors (Lipinski definition) is 0. The highest BCUT2D eigenvalue weighted by atomic mass is 32.1. The molecule has 1 amide bonds. The van der Waals surface area contributed by atoms with E-state index < -0.39 is 0 Å². The highest BCUT2D eigenvalue weighted by Gasteiger charge is 2.49. The van der Waals surface area contributed by atoms with Gasteiger partial charge in [0, 0.05) is 17.3 Å². The first-order chi connectivity index (χ1) is 12.3. The molecule has 6 heteroatoms. The Hall–Kier alpha value is -1.69. The van der Waals surface area contributed by atoms with Crippen molar-refractivity contribution in [2.24, 2.45) is 0 Å². The molecule has 0 spiro atoms. The lowest BCUT2D eigenvalue weighted by atomic mass is 9.82. The number of thiophene rings is 1.